The van der Waals surface area contributed by atoms with Gasteiger partial charge >= 0.3 is 18.2 Å². The number of carbonyl (C=O) groups excluding carboxylic acids is 2. The van der Waals surface area contributed by atoms with E-state index in [0.717, 1.165) is 28.8 Å². The maximum absolute atomic E-state index is 14.3. The molecule has 1 fully saturated rings. The van der Waals surface area contributed by atoms with Crippen molar-refractivity contribution in [1.82, 2.24) is 14.5 Å². The molecule has 2 N–H and O–H groups in total. The number of fused-ring (bicyclic) bond motifs is 3. The Kier molecular flexibility index (Phi) is 6.38. The molecule has 1 aliphatic heterocycles. The number of anilines is 1. The molecule has 1 unspecified atom stereocenters. The number of alkyl halides is 6. The highest BCUT2D eigenvalue weighted by atomic mass is 35.5. The lowest BCUT2D eigenvalue weighted by atomic mass is 9.95. The fraction of sp³-hybridized carbons (Fsp3) is 0.222. The maximum Gasteiger partial charge on any atom is 0.493 e. The molecule has 4 aromatic rings. The molecular formula is C27H15ClF8N4O3. The lowest BCUT2D eigenvalue weighted by Crippen LogP contribution is -2.32. The molecule has 1 aliphatic carbocycles. The summed E-state index contributed by atoms with van der Waals surface area (Å²) in [5, 5.41) is 4.53. The fourth-order valence-electron chi connectivity index (χ4n) is 5.27. The van der Waals surface area contributed by atoms with E-state index in [9.17, 15) is 49.5 Å². The van der Waals surface area contributed by atoms with Gasteiger partial charge in [-0.1, -0.05) is 11.6 Å². The molecule has 2 aliphatic rings. The van der Waals surface area contributed by atoms with Crippen LogP contribution >= 0.6 is 11.6 Å². The number of nitrogens with one attached hydrogen (secondary N) is 2. The highest BCUT2D eigenvalue weighted by molar-refractivity contribution is 6.31. The van der Waals surface area contributed by atoms with Gasteiger partial charge in [0.15, 0.2) is 0 Å². The zero-order chi connectivity index (χ0) is 31.2. The molecule has 7 nitrogen and oxygen atoms in total. The average Bonchev–Trinajstić information content (AvgIpc) is 3.60. The van der Waals surface area contributed by atoms with Gasteiger partial charge < -0.3 is 10.6 Å². The Morgan fingerprint density at radius 1 is 0.953 bits per heavy atom. The van der Waals surface area contributed by atoms with Crippen molar-refractivity contribution in [2.45, 2.75) is 37.4 Å². The number of halogens is 9. The van der Waals surface area contributed by atoms with Crippen LogP contribution < -0.4 is 16.3 Å². The van der Waals surface area contributed by atoms with Gasteiger partial charge in [0, 0.05) is 33.4 Å². The van der Waals surface area contributed by atoms with Crippen molar-refractivity contribution in [3.05, 3.63) is 97.4 Å². The van der Waals surface area contributed by atoms with Crippen molar-refractivity contribution in [2.75, 3.05) is 5.32 Å². The third kappa shape index (κ3) is 4.80. The molecule has 2 heterocycles. The van der Waals surface area contributed by atoms with Gasteiger partial charge in [0.2, 0.25) is 0 Å². The minimum Gasteiger partial charge on any atom is -0.341 e. The molecule has 0 radical (unpaired) electrons. The third-order valence-electron chi connectivity index (χ3n) is 7.16. The van der Waals surface area contributed by atoms with Crippen LogP contribution in [0, 0.1) is 11.6 Å². The number of hydrogen-bond donors (Lipinski definition) is 2. The van der Waals surface area contributed by atoms with Crippen LogP contribution in [0.25, 0.3) is 11.0 Å². The molecule has 3 aromatic carbocycles. The first-order valence-corrected chi connectivity index (χ1v) is 12.8. The van der Waals surface area contributed by atoms with Gasteiger partial charge in [0.05, 0.1) is 28.2 Å². The van der Waals surface area contributed by atoms with E-state index in [0.29, 0.717) is 25.0 Å². The zero-order valence-electron chi connectivity index (χ0n) is 21.1. The number of hydrogen-bond acceptors (Lipinski definition) is 3. The highest BCUT2D eigenvalue weighted by Gasteiger charge is 2.45. The Morgan fingerprint density at radius 2 is 1.65 bits per heavy atom. The number of imidazole rings is 1. The Hall–Kier alpha value is -4.40. The van der Waals surface area contributed by atoms with E-state index in [2.05, 4.69) is 10.6 Å². The Balaban J connectivity index is 1.63. The second-order valence-electron chi connectivity index (χ2n) is 10.0. The monoisotopic (exact) mass is 630 g/mol. The molecule has 16 heteroatoms. The maximum atomic E-state index is 14.3. The van der Waals surface area contributed by atoms with Crippen LogP contribution in [0.4, 0.5) is 40.8 Å². The predicted octanol–water partition coefficient (Wildman–Crippen LogP) is 6.65. The molecule has 1 aromatic heterocycles. The van der Waals surface area contributed by atoms with Crippen LogP contribution in [0.1, 0.15) is 62.3 Å². The molecule has 1 saturated carbocycles. The van der Waals surface area contributed by atoms with Crippen LogP contribution in [-0.4, -0.2) is 20.9 Å². The number of aromatic nitrogens is 2. The molecule has 0 bridgehead atoms. The zero-order valence-corrected chi connectivity index (χ0v) is 21.9. The fourth-order valence-corrected chi connectivity index (χ4v) is 5.49. The van der Waals surface area contributed by atoms with Gasteiger partial charge in [0.25, 0.3) is 11.8 Å². The number of amides is 2. The van der Waals surface area contributed by atoms with Crippen molar-refractivity contribution in [3.8, 4) is 0 Å². The predicted molar refractivity (Wildman–Crippen MR) is 136 cm³/mol. The Morgan fingerprint density at radius 3 is 2.28 bits per heavy atom. The van der Waals surface area contributed by atoms with E-state index in [4.69, 9.17) is 11.6 Å². The molecule has 0 spiro atoms. The summed E-state index contributed by atoms with van der Waals surface area (Å²) in [6.45, 7) is 0. The van der Waals surface area contributed by atoms with Crippen molar-refractivity contribution in [2.24, 2.45) is 0 Å². The standard InChI is InChI=1S/C27H15ClF8N4O3/c28-16-4-1-12(29)8-15(16)21-19-17(37-23(41)10-5-11(26(31,32)33)7-13(30)6-10)9-18-22(20(19)24(42)38-21)40(27(34,35)36)25(43)39(18)14-2-3-14/h1,4-9,14,21H,2-3H2,(H,37,41)(H,38,42). The van der Waals surface area contributed by atoms with Crippen molar-refractivity contribution in [3.63, 3.8) is 0 Å². The minimum absolute atomic E-state index is 0.124. The van der Waals surface area contributed by atoms with Crippen LogP contribution in [0.2, 0.25) is 5.02 Å². The van der Waals surface area contributed by atoms with Gasteiger partial charge in [0.1, 0.15) is 11.6 Å². The molecule has 2 amide bonds. The SMILES string of the molecule is O=C(Nc1cc2c(c3c1C(c1cc(F)ccc1Cl)NC3=O)n(C(F)(F)F)c(=O)n2C1CC1)c1cc(F)cc(C(F)(F)F)c1. The summed E-state index contributed by atoms with van der Waals surface area (Å²) in [5.41, 5.74) is -6.60. The summed E-state index contributed by atoms with van der Waals surface area (Å²) in [6.07, 6.45) is -9.63. The smallest absolute Gasteiger partial charge is 0.341 e. The second kappa shape index (κ2) is 9.56. The summed E-state index contributed by atoms with van der Waals surface area (Å²) in [5.74, 6) is -4.67. The van der Waals surface area contributed by atoms with E-state index < -0.39 is 91.7 Å². The lowest BCUT2D eigenvalue weighted by Gasteiger charge is -2.19. The molecule has 6 rings (SSSR count). The number of benzene rings is 3. The van der Waals surface area contributed by atoms with E-state index in [1.54, 1.807) is 0 Å². The van der Waals surface area contributed by atoms with Gasteiger partial charge in [-0.05, 0) is 55.3 Å². The molecule has 43 heavy (non-hydrogen) atoms. The second-order valence-corrected chi connectivity index (χ2v) is 10.4. The summed E-state index contributed by atoms with van der Waals surface area (Å²) in [7, 11) is 0. The van der Waals surface area contributed by atoms with E-state index in [1.807, 2.05) is 0 Å². The minimum atomic E-state index is -5.29. The topological polar surface area (TPSA) is 85.1 Å². The first kappa shape index (κ1) is 28.7. The molecular weight excluding hydrogens is 616 g/mol. The van der Waals surface area contributed by atoms with Gasteiger partial charge in [-0.15, -0.1) is 13.2 Å². The normalized spacial score (nSPS) is 16.9. The molecule has 224 valence electrons. The largest absolute Gasteiger partial charge is 0.493 e. The van der Waals surface area contributed by atoms with Crippen molar-refractivity contribution < 1.29 is 44.7 Å². The number of rotatable bonds is 4. The van der Waals surface area contributed by atoms with E-state index >= 15 is 0 Å². The van der Waals surface area contributed by atoms with Gasteiger partial charge in [-0.25, -0.2) is 18.1 Å². The van der Waals surface area contributed by atoms with Crippen molar-refractivity contribution >= 4 is 40.1 Å². The summed E-state index contributed by atoms with van der Waals surface area (Å²) in [4.78, 5) is 39.6. The summed E-state index contributed by atoms with van der Waals surface area (Å²) < 4.78 is 111. The van der Waals surface area contributed by atoms with Gasteiger partial charge in [-0.3, -0.25) is 14.2 Å². The third-order valence-corrected chi connectivity index (χ3v) is 7.51. The Bertz CT molecular complexity index is 1920. The summed E-state index contributed by atoms with van der Waals surface area (Å²) >= 11 is 6.23. The first-order valence-electron chi connectivity index (χ1n) is 12.4. The van der Waals surface area contributed by atoms with Crippen molar-refractivity contribution in [1.29, 1.82) is 0 Å². The quantitative estimate of drug-likeness (QED) is 0.248. The lowest BCUT2D eigenvalue weighted by molar-refractivity contribution is -0.203. The number of carbonyl (C=O) groups is 2. The van der Waals surface area contributed by atoms with E-state index in [-0.39, 0.29) is 22.2 Å². The summed E-state index contributed by atoms with van der Waals surface area (Å²) in [6, 6.07) is 2.88. The van der Waals surface area contributed by atoms with Crippen LogP contribution in [0.5, 0.6) is 0 Å². The Labute approximate surface area is 239 Å². The molecule has 0 saturated heterocycles. The van der Waals surface area contributed by atoms with Crippen LogP contribution in [-0.2, 0) is 12.5 Å². The van der Waals surface area contributed by atoms with Crippen LogP contribution in [0.15, 0.2) is 47.3 Å². The average molecular weight is 631 g/mol. The van der Waals surface area contributed by atoms with E-state index in [1.165, 1.54) is 0 Å². The first-order chi connectivity index (χ1) is 20.1. The highest BCUT2D eigenvalue weighted by Crippen LogP contribution is 2.46. The van der Waals surface area contributed by atoms with Gasteiger partial charge in [-0.2, -0.15) is 13.2 Å². The number of nitrogens with zero attached hydrogens (tertiary/aromatic N) is 2. The van der Waals surface area contributed by atoms with Crippen LogP contribution in [0.3, 0.4) is 0 Å². The molecule has 1 atom stereocenters.